The second-order valence-corrected chi connectivity index (χ2v) is 20.1. The zero-order chi connectivity index (χ0) is 41.3. The number of hydrogen-bond donors (Lipinski definition) is 3. The summed E-state index contributed by atoms with van der Waals surface area (Å²) in [4.78, 5) is 70.4. The van der Waals surface area contributed by atoms with E-state index in [0.29, 0.717) is 67.0 Å². The number of pyridine rings is 1. The lowest BCUT2D eigenvalue weighted by Crippen LogP contribution is -2.73. The van der Waals surface area contributed by atoms with Gasteiger partial charge in [-0.25, -0.2) is 14.3 Å². The Balaban J connectivity index is 0.963. The molecule has 59 heavy (non-hydrogen) atoms. The smallest absolute Gasteiger partial charge is 0.465 e. The number of halogens is 2. The van der Waals surface area contributed by atoms with E-state index in [1.165, 1.54) is 32.6 Å². The highest BCUT2D eigenvalue weighted by molar-refractivity contribution is 8.76. The van der Waals surface area contributed by atoms with Crippen molar-refractivity contribution in [2.75, 3.05) is 46.9 Å². The van der Waals surface area contributed by atoms with Gasteiger partial charge in [-0.2, -0.15) is 0 Å². The molecule has 3 aliphatic carbocycles. The molecule has 1 aromatic heterocycles. The van der Waals surface area contributed by atoms with Gasteiger partial charge in [0.05, 0.1) is 16.5 Å². The van der Waals surface area contributed by atoms with Crippen molar-refractivity contribution in [3.63, 3.8) is 0 Å². The third-order valence-electron chi connectivity index (χ3n) is 12.3. The SMILES string of the molecule is O=C(O)N(CCSSc1ccccn1)Cc1cc2c(c3ccccc13)[C@H](CCl)CN2C(=O)C12CC(C(=O)N3C[C@@H](CCl)c4c3cc(OP(=O)(O)O)c3ccccc43)(C1)C2. The van der Waals surface area contributed by atoms with Gasteiger partial charge in [-0.05, 0) is 81.1 Å². The van der Waals surface area contributed by atoms with Gasteiger partial charge in [-0.3, -0.25) is 19.4 Å². The Morgan fingerprint density at radius 2 is 1.36 bits per heavy atom. The first-order chi connectivity index (χ1) is 28.3. The Hall–Kier alpha value is -4.01. The number of anilines is 2. The summed E-state index contributed by atoms with van der Waals surface area (Å²) < 4.78 is 17.1. The van der Waals surface area contributed by atoms with Crippen LogP contribution in [0.15, 0.2) is 90.1 Å². The zero-order valence-corrected chi connectivity index (χ0v) is 35.5. The molecule has 3 N–H and O–H groups in total. The molecular formula is C42H39Cl2N4O8PS2. The van der Waals surface area contributed by atoms with Crippen LogP contribution in [0, 0.1) is 10.8 Å². The summed E-state index contributed by atoms with van der Waals surface area (Å²) >= 11 is 13.1. The van der Waals surface area contributed by atoms with Gasteiger partial charge >= 0.3 is 13.9 Å². The van der Waals surface area contributed by atoms with Gasteiger partial charge in [0, 0.05) is 78.9 Å². The zero-order valence-electron chi connectivity index (χ0n) is 31.5. The van der Waals surface area contributed by atoms with E-state index >= 15 is 0 Å². The molecule has 3 amide bonds. The van der Waals surface area contributed by atoms with Gasteiger partial charge in [-0.15, -0.1) is 23.2 Å². The summed E-state index contributed by atoms with van der Waals surface area (Å²) in [5.74, 6) is 0.487. The van der Waals surface area contributed by atoms with Crippen LogP contribution in [-0.4, -0.2) is 79.8 Å². The molecule has 3 fully saturated rings. The molecule has 0 saturated heterocycles. The van der Waals surface area contributed by atoms with Crippen LogP contribution in [0.3, 0.4) is 0 Å². The molecule has 2 bridgehead atoms. The van der Waals surface area contributed by atoms with Crippen LogP contribution in [0.1, 0.15) is 47.8 Å². The van der Waals surface area contributed by atoms with Crippen molar-refractivity contribution in [2.24, 2.45) is 10.8 Å². The molecule has 4 aromatic carbocycles. The molecule has 0 radical (unpaired) electrons. The molecule has 3 heterocycles. The molecule has 5 aromatic rings. The molecule has 5 aliphatic rings. The Morgan fingerprint density at radius 3 is 1.90 bits per heavy atom. The number of nitrogens with zero attached hydrogens (tertiary/aromatic N) is 4. The molecule has 3 saturated carbocycles. The quantitative estimate of drug-likeness (QED) is 0.0448. The van der Waals surface area contributed by atoms with Gasteiger partial charge in [0.1, 0.15) is 10.8 Å². The summed E-state index contributed by atoms with van der Waals surface area (Å²) in [6.07, 6.45) is 1.79. The largest absolute Gasteiger partial charge is 0.524 e. The fourth-order valence-electron chi connectivity index (χ4n) is 9.81. The Morgan fingerprint density at radius 1 is 0.814 bits per heavy atom. The number of aromatic nitrogens is 1. The van der Waals surface area contributed by atoms with Gasteiger partial charge < -0.3 is 24.3 Å². The molecule has 0 unspecified atom stereocenters. The van der Waals surface area contributed by atoms with Crippen molar-refractivity contribution in [1.29, 1.82) is 0 Å². The van der Waals surface area contributed by atoms with Crippen molar-refractivity contribution < 1.29 is 38.4 Å². The number of rotatable bonds is 13. The highest BCUT2D eigenvalue weighted by Gasteiger charge is 2.76. The molecule has 0 spiro atoms. The molecule has 12 nitrogen and oxygen atoms in total. The van der Waals surface area contributed by atoms with Gasteiger partial charge in [-0.1, -0.05) is 65.4 Å². The molecule has 2 atom stereocenters. The minimum atomic E-state index is -4.92. The fraction of sp³-hybridized carbons (Fsp3) is 0.333. The average molecular weight is 894 g/mol. The Labute approximate surface area is 357 Å². The number of carbonyl (C=O) groups is 3. The lowest BCUT2D eigenvalue weighted by atomic mass is 9.34. The first kappa shape index (κ1) is 40.4. The third-order valence-corrected chi connectivity index (χ3v) is 15.7. The number of phosphoric ester groups is 1. The van der Waals surface area contributed by atoms with Crippen molar-refractivity contribution in [3.8, 4) is 5.75 Å². The highest BCUT2D eigenvalue weighted by atomic mass is 35.5. The monoisotopic (exact) mass is 892 g/mol. The third kappa shape index (κ3) is 7.04. The van der Waals surface area contributed by atoms with Crippen LogP contribution in [0.25, 0.3) is 21.5 Å². The maximum absolute atomic E-state index is 14.7. The Kier molecular flexibility index (Phi) is 10.6. The van der Waals surface area contributed by atoms with Crippen LogP contribution in [0.4, 0.5) is 16.2 Å². The highest BCUT2D eigenvalue weighted by Crippen LogP contribution is 2.75. The minimum absolute atomic E-state index is 0.0247. The van der Waals surface area contributed by atoms with Gasteiger partial charge in [0.15, 0.2) is 0 Å². The molecule has 17 heteroatoms. The predicted octanol–water partition coefficient (Wildman–Crippen LogP) is 8.99. The number of carboxylic acid groups (broad SMARTS) is 1. The number of carbonyl (C=O) groups excluding carboxylic acids is 2. The van der Waals surface area contributed by atoms with E-state index in [0.717, 1.165) is 38.2 Å². The summed E-state index contributed by atoms with van der Waals surface area (Å²) in [5.41, 5.74) is 2.32. The molecular weight excluding hydrogens is 854 g/mol. The topological polar surface area (TPSA) is 161 Å². The number of fused-ring (bicyclic) bond motifs is 6. The predicted molar refractivity (Wildman–Crippen MR) is 232 cm³/mol. The standard InChI is InChI=1S/C42H39Cl2N4O8PS2/c43-17-26-20-47(32-15-25(28-7-1-3-9-30(28)36(26)32)19-46(40(51)52)13-14-58-59-35-11-5-6-12-45-35)38(49)41-22-42(23-41,24-41)39(50)48-21-27(18-44)37-31-10-4-2-8-29(31)34(16-33(37)48)56-57(53,54)55/h1-12,15-16,26-27H,13-14,17-24H2,(H,51,52)(H2,53,54,55)/t26-,27-,41?,42?/m1/s1. The summed E-state index contributed by atoms with van der Waals surface area (Å²) in [6, 6.07) is 24.1. The average Bonchev–Trinajstić information content (AvgIpc) is 3.76. The van der Waals surface area contributed by atoms with E-state index in [2.05, 4.69) is 4.98 Å². The van der Waals surface area contributed by atoms with Crippen molar-refractivity contribution in [1.82, 2.24) is 9.88 Å². The lowest BCUT2D eigenvalue weighted by Gasteiger charge is -2.69. The maximum Gasteiger partial charge on any atom is 0.524 e. The van der Waals surface area contributed by atoms with Crippen LogP contribution in [-0.2, 0) is 20.7 Å². The van der Waals surface area contributed by atoms with E-state index in [9.17, 15) is 33.8 Å². The molecule has 306 valence electrons. The summed E-state index contributed by atoms with van der Waals surface area (Å²) in [7, 11) is -1.89. The number of benzene rings is 4. The lowest BCUT2D eigenvalue weighted by molar-refractivity contribution is -0.204. The van der Waals surface area contributed by atoms with Crippen LogP contribution >= 0.6 is 52.6 Å². The van der Waals surface area contributed by atoms with E-state index in [1.807, 2.05) is 65.6 Å². The van der Waals surface area contributed by atoms with E-state index < -0.39 is 24.7 Å². The second kappa shape index (κ2) is 15.5. The first-order valence-corrected chi connectivity index (χ1v) is 24.1. The number of hydrogen-bond acceptors (Lipinski definition) is 8. The van der Waals surface area contributed by atoms with Crippen molar-refractivity contribution in [2.45, 2.75) is 42.7 Å². The first-order valence-electron chi connectivity index (χ1n) is 19.1. The molecule has 2 aliphatic heterocycles. The van der Waals surface area contributed by atoms with Crippen molar-refractivity contribution >= 4 is 103 Å². The maximum atomic E-state index is 14.7. The fourth-order valence-corrected chi connectivity index (χ4v) is 12.6. The minimum Gasteiger partial charge on any atom is -0.465 e. The van der Waals surface area contributed by atoms with E-state index in [-0.39, 0.29) is 41.8 Å². The van der Waals surface area contributed by atoms with E-state index in [1.54, 1.807) is 23.2 Å². The van der Waals surface area contributed by atoms with Crippen LogP contribution < -0.4 is 14.3 Å². The van der Waals surface area contributed by atoms with Gasteiger partial charge in [0.25, 0.3) is 0 Å². The number of alkyl halides is 2. The number of phosphoric acid groups is 1. The second-order valence-electron chi connectivity index (χ2n) is 15.9. The Bertz CT molecular complexity index is 2560. The van der Waals surface area contributed by atoms with E-state index in [4.69, 9.17) is 27.7 Å². The molecule has 10 rings (SSSR count). The summed E-state index contributed by atoms with van der Waals surface area (Å²) in [5, 5.41) is 14.2. The summed E-state index contributed by atoms with van der Waals surface area (Å²) in [6.45, 7) is 1.10. The van der Waals surface area contributed by atoms with Crippen LogP contribution in [0.2, 0.25) is 0 Å². The number of amides is 3. The van der Waals surface area contributed by atoms with Gasteiger partial charge in [0.2, 0.25) is 11.8 Å². The normalized spacial score (nSPS) is 22.8. The van der Waals surface area contributed by atoms with Crippen LogP contribution in [0.5, 0.6) is 5.75 Å². The van der Waals surface area contributed by atoms with Crippen molar-refractivity contribution in [3.05, 3.63) is 102 Å².